The van der Waals surface area contributed by atoms with Crippen molar-refractivity contribution in [1.82, 2.24) is 4.72 Å². The third kappa shape index (κ3) is 6.61. The van der Waals surface area contributed by atoms with Crippen LogP contribution < -0.4 is 10.5 Å². The topological polar surface area (TPSA) is 90.6 Å². The average molecular weight is 320 g/mol. The van der Waals surface area contributed by atoms with Gasteiger partial charge in [0.15, 0.2) is 0 Å². The van der Waals surface area contributed by atoms with Crippen LogP contribution >= 0.6 is 0 Å². The fourth-order valence-corrected chi connectivity index (χ4v) is 4.21. The molecule has 1 aliphatic heterocycles. The van der Waals surface area contributed by atoms with Gasteiger partial charge in [0, 0.05) is 25.8 Å². The Bertz CT molecular complexity index is 388. The minimum absolute atomic E-state index is 0.0777. The number of sulfonamides is 1. The van der Waals surface area contributed by atoms with Crippen LogP contribution in [-0.2, 0) is 19.5 Å². The molecule has 1 unspecified atom stereocenters. The lowest BCUT2D eigenvalue weighted by atomic mass is 9.94. The summed E-state index contributed by atoms with van der Waals surface area (Å²) >= 11 is 0. The second-order valence-electron chi connectivity index (χ2n) is 6.07. The van der Waals surface area contributed by atoms with Crippen molar-refractivity contribution < 1.29 is 17.9 Å². The van der Waals surface area contributed by atoms with E-state index in [0.29, 0.717) is 38.3 Å². The number of rotatable bonds is 8. The first-order chi connectivity index (χ1) is 10.1. The second kappa shape index (κ2) is 8.43. The van der Waals surface area contributed by atoms with Gasteiger partial charge in [-0.2, -0.15) is 0 Å². The van der Waals surface area contributed by atoms with Crippen molar-refractivity contribution >= 4 is 10.0 Å². The van der Waals surface area contributed by atoms with Crippen LogP contribution in [0.25, 0.3) is 0 Å². The standard InChI is InChI=1S/C14H28N2O4S/c15-12-4-6-13(7-5-12)19-10-2-8-16-21(17,18)11-14-3-1-9-20-14/h12-14,16H,1-11,15H2. The van der Waals surface area contributed by atoms with Gasteiger partial charge in [0.1, 0.15) is 0 Å². The molecule has 2 aliphatic rings. The zero-order valence-electron chi connectivity index (χ0n) is 12.6. The first-order valence-corrected chi connectivity index (χ1v) is 9.66. The predicted molar refractivity (Wildman–Crippen MR) is 81.6 cm³/mol. The van der Waals surface area contributed by atoms with Gasteiger partial charge in [0.2, 0.25) is 10.0 Å². The van der Waals surface area contributed by atoms with Crippen LogP contribution in [-0.4, -0.2) is 52.2 Å². The fraction of sp³-hybridized carbons (Fsp3) is 1.00. The van der Waals surface area contributed by atoms with Gasteiger partial charge in [-0.05, 0) is 44.9 Å². The van der Waals surface area contributed by atoms with Gasteiger partial charge in [0.25, 0.3) is 0 Å². The molecule has 1 aliphatic carbocycles. The summed E-state index contributed by atoms with van der Waals surface area (Å²) in [5, 5.41) is 0. The van der Waals surface area contributed by atoms with Gasteiger partial charge in [0.05, 0.1) is 18.0 Å². The molecule has 6 nitrogen and oxygen atoms in total. The number of hydrogen-bond donors (Lipinski definition) is 2. The molecule has 1 heterocycles. The van der Waals surface area contributed by atoms with Crippen molar-refractivity contribution in [2.24, 2.45) is 5.73 Å². The lowest BCUT2D eigenvalue weighted by molar-refractivity contribution is 0.0245. The van der Waals surface area contributed by atoms with E-state index < -0.39 is 10.0 Å². The highest BCUT2D eigenvalue weighted by Crippen LogP contribution is 2.19. The highest BCUT2D eigenvalue weighted by atomic mass is 32.2. The van der Waals surface area contributed by atoms with Crippen LogP contribution in [0.4, 0.5) is 0 Å². The number of nitrogens with one attached hydrogen (secondary N) is 1. The smallest absolute Gasteiger partial charge is 0.214 e. The Morgan fingerprint density at radius 2 is 1.95 bits per heavy atom. The van der Waals surface area contributed by atoms with E-state index in [1.165, 1.54) is 0 Å². The van der Waals surface area contributed by atoms with Gasteiger partial charge in [-0.1, -0.05) is 0 Å². The molecule has 0 spiro atoms. The Morgan fingerprint density at radius 3 is 2.62 bits per heavy atom. The molecule has 0 aromatic heterocycles. The van der Waals surface area contributed by atoms with Gasteiger partial charge in [-0.3, -0.25) is 0 Å². The summed E-state index contributed by atoms with van der Waals surface area (Å²) in [6.07, 6.45) is 6.76. The molecule has 2 fully saturated rings. The van der Waals surface area contributed by atoms with E-state index in [2.05, 4.69) is 4.72 Å². The Balaban J connectivity index is 1.52. The third-order valence-electron chi connectivity index (χ3n) is 4.14. The highest BCUT2D eigenvalue weighted by molar-refractivity contribution is 7.89. The number of hydrogen-bond acceptors (Lipinski definition) is 5. The largest absolute Gasteiger partial charge is 0.378 e. The highest BCUT2D eigenvalue weighted by Gasteiger charge is 2.23. The molecule has 1 saturated carbocycles. The summed E-state index contributed by atoms with van der Waals surface area (Å²) in [6, 6.07) is 0.328. The zero-order valence-corrected chi connectivity index (χ0v) is 13.4. The van der Waals surface area contributed by atoms with Crippen molar-refractivity contribution in [3.63, 3.8) is 0 Å². The molecule has 0 amide bonds. The Morgan fingerprint density at radius 1 is 1.19 bits per heavy atom. The summed E-state index contributed by atoms with van der Waals surface area (Å²) < 4.78 is 37.4. The van der Waals surface area contributed by atoms with E-state index in [4.69, 9.17) is 15.2 Å². The average Bonchev–Trinajstić information content (AvgIpc) is 2.92. The Labute approximate surface area is 127 Å². The van der Waals surface area contributed by atoms with Crippen molar-refractivity contribution in [1.29, 1.82) is 0 Å². The first-order valence-electron chi connectivity index (χ1n) is 8.01. The molecule has 0 bridgehead atoms. The fourth-order valence-electron chi connectivity index (χ4n) is 2.88. The van der Waals surface area contributed by atoms with Gasteiger partial charge in [-0.25, -0.2) is 13.1 Å². The molecule has 0 aromatic rings. The van der Waals surface area contributed by atoms with Crippen LogP contribution in [0.2, 0.25) is 0 Å². The summed E-state index contributed by atoms with van der Waals surface area (Å²) in [4.78, 5) is 0. The molecule has 7 heteroatoms. The molecule has 124 valence electrons. The van der Waals surface area contributed by atoms with Crippen LogP contribution in [0.15, 0.2) is 0 Å². The minimum Gasteiger partial charge on any atom is -0.378 e. The van der Waals surface area contributed by atoms with Crippen molar-refractivity contribution in [2.75, 3.05) is 25.5 Å². The molecule has 3 N–H and O–H groups in total. The van der Waals surface area contributed by atoms with Gasteiger partial charge >= 0.3 is 0 Å². The molecule has 0 aromatic carbocycles. The third-order valence-corrected chi connectivity index (χ3v) is 5.60. The van der Waals surface area contributed by atoms with E-state index in [0.717, 1.165) is 38.5 Å². The van der Waals surface area contributed by atoms with Crippen LogP contribution in [0.3, 0.4) is 0 Å². The predicted octanol–water partition coefficient (Wildman–Crippen LogP) is 0.761. The lowest BCUT2D eigenvalue weighted by Crippen LogP contribution is -2.33. The second-order valence-corrected chi connectivity index (χ2v) is 7.92. The van der Waals surface area contributed by atoms with Crippen molar-refractivity contribution in [3.8, 4) is 0 Å². The van der Waals surface area contributed by atoms with E-state index in [1.54, 1.807) is 0 Å². The summed E-state index contributed by atoms with van der Waals surface area (Å²) in [7, 11) is -3.22. The van der Waals surface area contributed by atoms with Gasteiger partial charge < -0.3 is 15.2 Å². The maximum atomic E-state index is 11.8. The summed E-state index contributed by atoms with van der Waals surface area (Å²) in [5.74, 6) is 0.0777. The molecular formula is C14H28N2O4S. The molecule has 21 heavy (non-hydrogen) atoms. The maximum absolute atomic E-state index is 11.8. The summed E-state index contributed by atoms with van der Waals surface area (Å²) in [5.41, 5.74) is 5.85. The molecule has 0 radical (unpaired) electrons. The Hall–Kier alpha value is -0.210. The van der Waals surface area contributed by atoms with E-state index in [9.17, 15) is 8.42 Å². The monoisotopic (exact) mass is 320 g/mol. The van der Waals surface area contributed by atoms with Crippen molar-refractivity contribution in [2.45, 2.75) is 63.2 Å². The first kappa shape index (κ1) is 17.1. The maximum Gasteiger partial charge on any atom is 0.214 e. The zero-order chi connectivity index (χ0) is 15.1. The quantitative estimate of drug-likeness (QED) is 0.644. The summed E-state index contributed by atoms with van der Waals surface area (Å²) in [6.45, 7) is 1.71. The van der Waals surface area contributed by atoms with E-state index >= 15 is 0 Å². The van der Waals surface area contributed by atoms with Crippen molar-refractivity contribution in [3.05, 3.63) is 0 Å². The normalized spacial score (nSPS) is 30.6. The molecule has 1 atom stereocenters. The van der Waals surface area contributed by atoms with Gasteiger partial charge in [-0.15, -0.1) is 0 Å². The van der Waals surface area contributed by atoms with Crippen LogP contribution in [0.1, 0.15) is 44.9 Å². The minimum atomic E-state index is -3.22. The van der Waals surface area contributed by atoms with E-state index in [1.807, 2.05) is 0 Å². The number of nitrogens with two attached hydrogens (primary N) is 1. The van der Waals surface area contributed by atoms with Crippen LogP contribution in [0, 0.1) is 0 Å². The Kier molecular flexibility index (Phi) is 6.88. The molecule has 1 saturated heterocycles. The number of ether oxygens (including phenoxy) is 2. The van der Waals surface area contributed by atoms with Crippen LogP contribution in [0.5, 0.6) is 0 Å². The molecule has 2 rings (SSSR count). The lowest BCUT2D eigenvalue weighted by Gasteiger charge is -2.26. The molecular weight excluding hydrogens is 292 g/mol. The SMILES string of the molecule is NC1CCC(OCCCNS(=O)(=O)CC2CCCO2)CC1. The van der Waals surface area contributed by atoms with E-state index in [-0.39, 0.29) is 11.9 Å².